The summed E-state index contributed by atoms with van der Waals surface area (Å²) in [5.74, 6) is 0.516. The molecule has 8 aromatic carbocycles. The molecule has 0 radical (unpaired) electrons. The molecule has 0 bridgehead atoms. The van der Waals surface area contributed by atoms with Crippen LogP contribution in [0.3, 0.4) is 0 Å². The van der Waals surface area contributed by atoms with E-state index in [1.807, 2.05) is 0 Å². The molecule has 3 aliphatic rings. The van der Waals surface area contributed by atoms with Gasteiger partial charge in [0.25, 0.3) is 0 Å². The van der Waals surface area contributed by atoms with Gasteiger partial charge in [-0.1, -0.05) is 185 Å². The second-order valence-electron chi connectivity index (χ2n) is 18.5. The maximum Gasteiger partial charge on any atom is 0.0467 e. The van der Waals surface area contributed by atoms with E-state index in [4.69, 9.17) is 0 Å². The first-order valence-corrected chi connectivity index (χ1v) is 23.5. The molecule has 8 aromatic rings. The lowest BCUT2D eigenvalue weighted by molar-refractivity contribution is 0.660. The third-order valence-corrected chi connectivity index (χ3v) is 13.9. The van der Waals surface area contributed by atoms with E-state index in [2.05, 4.69) is 261 Å². The average Bonchev–Trinajstić information content (AvgIpc) is 3.61. The zero-order valence-corrected chi connectivity index (χ0v) is 38.0. The fourth-order valence-electron chi connectivity index (χ4n) is 10.3. The highest BCUT2D eigenvalue weighted by atomic mass is 15.2. The Labute approximate surface area is 390 Å². The second kappa shape index (κ2) is 17.4. The summed E-state index contributed by atoms with van der Waals surface area (Å²) >= 11 is 0. The molecule has 0 saturated heterocycles. The van der Waals surface area contributed by atoms with Crippen LogP contribution in [0.15, 0.2) is 236 Å². The van der Waals surface area contributed by atoms with Gasteiger partial charge in [-0.05, 0) is 159 Å². The van der Waals surface area contributed by atoms with Gasteiger partial charge in [0.15, 0.2) is 0 Å². The van der Waals surface area contributed by atoms with Crippen molar-refractivity contribution in [3.05, 3.63) is 253 Å². The van der Waals surface area contributed by atoms with Gasteiger partial charge in [0.05, 0.1) is 0 Å². The summed E-state index contributed by atoms with van der Waals surface area (Å²) in [5, 5.41) is 0. The molecular formula is C64H54N2. The maximum absolute atomic E-state index is 2.49. The van der Waals surface area contributed by atoms with Crippen molar-refractivity contribution in [1.29, 1.82) is 0 Å². The van der Waals surface area contributed by atoms with Crippen LogP contribution >= 0.6 is 0 Å². The van der Waals surface area contributed by atoms with Crippen molar-refractivity contribution in [3.63, 3.8) is 0 Å². The van der Waals surface area contributed by atoms with Gasteiger partial charge in [0, 0.05) is 39.5 Å². The monoisotopic (exact) mass is 850 g/mol. The highest BCUT2D eigenvalue weighted by molar-refractivity contribution is 5.89. The Morgan fingerprint density at radius 3 is 1.55 bits per heavy atom. The fourth-order valence-corrected chi connectivity index (χ4v) is 10.3. The minimum Gasteiger partial charge on any atom is -0.311 e. The number of nitrogens with zero attached hydrogens (tertiary/aromatic N) is 2. The molecule has 0 aliphatic heterocycles. The summed E-state index contributed by atoms with van der Waals surface area (Å²) in [6, 6.07) is 71.5. The Morgan fingerprint density at radius 2 is 0.970 bits per heavy atom. The van der Waals surface area contributed by atoms with Crippen LogP contribution in [-0.2, 0) is 5.41 Å². The first-order chi connectivity index (χ1) is 32.4. The molecule has 0 saturated carbocycles. The lowest BCUT2D eigenvalue weighted by Gasteiger charge is -2.31. The normalized spacial score (nSPS) is 15.7. The summed E-state index contributed by atoms with van der Waals surface area (Å²) < 4.78 is 0. The van der Waals surface area contributed by atoms with E-state index in [9.17, 15) is 0 Å². The topological polar surface area (TPSA) is 6.48 Å². The first kappa shape index (κ1) is 41.1. The molecule has 0 amide bonds. The van der Waals surface area contributed by atoms with Gasteiger partial charge in [0.1, 0.15) is 0 Å². The molecule has 320 valence electrons. The van der Waals surface area contributed by atoms with Crippen LogP contribution in [0.4, 0.5) is 28.4 Å². The number of fused-ring (bicyclic) bond motifs is 3. The Balaban J connectivity index is 0.989. The van der Waals surface area contributed by atoms with E-state index in [1.54, 1.807) is 0 Å². The van der Waals surface area contributed by atoms with E-state index < -0.39 is 0 Å². The highest BCUT2D eigenvalue weighted by Gasteiger charge is 2.36. The Hall–Kier alpha value is -7.68. The largest absolute Gasteiger partial charge is 0.311 e. The molecule has 2 nitrogen and oxygen atoms in total. The third kappa shape index (κ3) is 7.73. The van der Waals surface area contributed by atoms with E-state index >= 15 is 0 Å². The van der Waals surface area contributed by atoms with Gasteiger partial charge in [-0.3, -0.25) is 0 Å². The Bertz CT molecular complexity index is 3080. The fraction of sp³-hybridized carbons (Fsp3) is 0.125. The molecule has 0 N–H and O–H groups in total. The Morgan fingerprint density at radius 1 is 0.455 bits per heavy atom. The van der Waals surface area contributed by atoms with Crippen LogP contribution in [0.1, 0.15) is 56.7 Å². The molecule has 0 aromatic heterocycles. The van der Waals surface area contributed by atoms with Crippen molar-refractivity contribution in [2.24, 2.45) is 5.92 Å². The van der Waals surface area contributed by atoms with Gasteiger partial charge in [-0.25, -0.2) is 0 Å². The van der Waals surface area contributed by atoms with Gasteiger partial charge >= 0.3 is 0 Å². The molecule has 1 unspecified atom stereocenters. The minimum absolute atomic E-state index is 0.0911. The number of benzene rings is 8. The van der Waals surface area contributed by atoms with Crippen molar-refractivity contribution >= 4 is 34.0 Å². The van der Waals surface area contributed by atoms with Gasteiger partial charge in [-0.15, -0.1) is 0 Å². The van der Waals surface area contributed by atoms with Crippen molar-refractivity contribution in [2.45, 2.75) is 45.4 Å². The molecule has 0 fully saturated rings. The van der Waals surface area contributed by atoms with Crippen molar-refractivity contribution in [1.82, 2.24) is 0 Å². The Kier molecular flexibility index (Phi) is 10.8. The molecule has 2 heteroatoms. The van der Waals surface area contributed by atoms with Crippen LogP contribution in [0, 0.1) is 5.92 Å². The molecule has 1 atom stereocenters. The van der Waals surface area contributed by atoms with E-state index in [0.29, 0.717) is 5.92 Å². The smallest absolute Gasteiger partial charge is 0.0467 e. The van der Waals surface area contributed by atoms with Crippen LogP contribution in [-0.4, -0.2) is 0 Å². The quantitative estimate of drug-likeness (QED) is 0.135. The summed E-state index contributed by atoms with van der Waals surface area (Å²) in [7, 11) is 0. The zero-order valence-electron chi connectivity index (χ0n) is 38.0. The van der Waals surface area contributed by atoms with E-state index in [1.165, 1.54) is 83.8 Å². The standard InChI is InChI=1S/C64H54N2/c1-45-23-31-52(32-24-45)66(57-40-42-60-59-21-13-14-22-62(59)64(2,3)63(60)44-57)56-39-41-58(61(43-56)50-19-11-6-12-20-50)51-29-37-55(38-30-51)65(53-33-25-48(26-34-53)46-15-7-4-8-16-46)54-35-27-49(28-36-54)47-17-9-5-10-18-47/h4-11,13-19,21-23,25-45H,12,20,24H2,1-3H3. The van der Waals surface area contributed by atoms with Crippen LogP contribution in [0.5, 0.6) is 0 Å². The predicted molar refractivity (Wildman–Crippen MR) is 281 cm³/mol. The molecule has 66 heavy (non-hydrogen) atoms. The summed E-state index contributed by atoms with van der Waals surface area (Å²) in [5.41, 5.74) is 22.2. The van der Waals surface area contributed by atoms with Gasteiger partial charge in [0.2, 0.25) is 0 Å². The van der Waals surface area contributed by atoms with Crippen LogP contribution in [0.25, 0.3) is 50.1 Å². The predicted octanol–water partition coefficient (Wildman–Crippen LogP) is 17.8. The van der Waals surface area contributed by atoms with Crippen molar-refractivity contribution in [2.75, 3.05) is 9.80 Å². The third-order valence-electron chi connectivity index (χ3n) is 13.9. The average molecular weight is 851 g/mol. The van der Waals surface area contributed by atoms with Crippen LogP contribution in [0.2, 0.25) is 0 Å². The lowest BCUT2D eigenvalue weighted by Crippen LogP contribution is -2.19. The molecule has 11 rings (SSSR count). The summed E-state index contributed by atoms with van der Waals surface area (Å²) in [6.45, 7) is 7.04. The summed E-state index contributed by atoms with van der Waals surface area (Å²) in [6.07, 6.45) is 17.0. The SMILES string of the molecule is CC1C=CC(N(c2ccc(-c3ccc(N(c4ccc(-c5ccccc5)cc4)c4ccc(-c5ccccc5)cc4)cc3)c(C3=CC=CCC3)c2)c2ccc3c(c2)C(C)(C)c2ccccc2-3)=CC1. The number of anilines is 5. The second-order valence-corrected chi connectivity index (χ2v) is 18.5. The maximum atomic E-state index is 2.49. The van der Waals surface area contributed by atoms with E-state index in [-0.39, 0.29) is 5.41 Å². The molecule has 3 aliphatic carbocycles. The first-order valence-electron chi connectivity index (χ1n) is 23.5. The number of allylic oxidation sites excluding steroid dienone is 7. The van der Waals surface area contributed by atoms with Crippen LogP contribution < -0.4 is 9.80 Å². The van der Waals surface area contributed by atoms with Crippen molar-refractivity contribution < 1.29 is 0 Å². The molecular weight excluding hydrogens is 797 g/mol. The van der Waals surface area contributed by atoms with Gasteiger partial charge in [-0.2, -0.15) is 0 Å². The number of hydrogen-bond acceptors (Lipinski definition) is 2. The minimum atomic E-state index is -0.0911. The molecule has 0 heterocycles. The van der Waals surface area contributed by atoms with Crippen molar-refractivity contribution in [3.8, 4) is 44.5 Å². The number of hydrogen-bond donors (Lipinski definition) is 0. The molecule has 0 spiro atoms. The summed E-state index contributed by atoms with van der Waals surface area (Å²) in [4.78, 5) is 4.85. The zero-order chi connectivity index (χ0) is 44.6. The highest BCUT2D eigenvalue weighted by Crippen LogP contribution is 2.51. The van der Waals surface area contributed by atoms with Gasteiger partial charge < -0.3 is 9.80 Å². The lowest BCUT2D eigenvalue weighted by atomic mass is 9.82. The number of rotatable bonds is 10. The van der Waals surface area contributed by atoms with E-state index in [0.717, 1.165) is 36.3 Å².